The van der Waals surface area contributed by atoms with Gasteiger partial charge in [0.05, 0.1) is 22.8 Å². The van der Waals surface area contributed by atoms with E-state index in [1.165, 1.54) is 0 Å². The summed E-state index contributed by atoms with van der Waals surface area (Å²) in [5, 5.41) is 11.7. The number of carbonyl (C=O) groups excluding carboxylic acids is 1. The largest absolute Gasteiger partial charge is 0.416 e. The van der Waals surface area contributed by atoms with Gasteiger partial charge in [-0.3, -0.25) is 4.79 Å². The molecule has 0 spiro atoms. The number of halogens is 4. The first-order chi connectivity index (χ1) is 13.8. The summed E-state index contributed by atoms with van der Waals surface area (Å²) in [6, 6.07) is 10.5. The van der Waals surface area contributed by atoms with E-state index in [-0.39, 0.29) is 11.5 Å². The van der Waals surface area contributed by atoms with Crippen LogP contribution in [-0.4, -0.2) is 15.8 Å². The molecule has 1 heterocycles. The van der Waals surface area contributed by atoms with Crippen LogP contribution in [0.3, 0.4) is 0 Å². The molecule has 9 heteroatoms. The molecular formula is C20H12F4N4O. The number of alkyl halides is 3. The average molecular weight is 400 g/mol. The number of benzene rings is 2. The van der Waals surface area contributed by atoms with Gasteiger partial charge in [0.2, 0.25) is 5.95 Å². The Hall–Kier alpha value is -3.80. The minimum atomic E-state index is -4.77. The molecule has 0 aliphatic carbocycles. The molecule has 0 saturated carbocycles. The highest BCUT2D eigenvalue weighted by Crippen LogP contribution is 2.30. The zero-order valence-corrected chi connectivity index (χ0v) is 14.7. The van der Waals surface area contributed by atoms with E-state index < -0.39 is 28.9 Å². The van der Waals surface area contributed by atoms with Gasteiger partial charge in [0.1, 0.15) is 5.82 Å². The number of carbonyl (C=O) groups is 1. The van der Waals surface area contributed by atoms with E-state index in [1.807, 2.05) is 6.07 Å². The maximum atomic E-state index is 13.5. The lowest BCUT2D eigenvalue weighted by atomic mass is 10.0. The quantitative estimate of drug-likeness (QED) is 0.509. The number of anilines is 1. The predicted molar refractivity (Wildman–Crippen MR) is 95.4 cm³/mol. The third-order valence-corrected chi connectivity index (χ3v) is 3.93. The molecule has 1 aromatic heterocycles. The number of ketones is 1. The van der Waals surface area contributed by atoms with Crippen molar-refractivity contribution < 1.29 is 22.4 Å². The summed E-state index contributed by atoms with van der Waals surface area (Å²) >= 11 is 0. The van der Waals surface area contributed by atoms with Crippen molar-refractivity contribution >= 4 is 11.7 Å². The molecule has 0 bridgehead atoms. The number of rotatable bonds is 5. The normalized spacial score (nSPS) is 11.0. The van der Waals surface area contributed by atoms with Crippen LogP contribution in [0.5, 0.6) is 0 Å². The third-order valence-electron chi connectivity index (χ3n) is 3.93. The minimum absolute atomic E-state index is 0.0763. The van der Waals surface area contributed by atoms with E-state index in [2.05, 4.69) is 15.3 Å². The zero-order chi connectivity index (χ0) is 21.0. The second-order valence-electron chi connectivity index (χ2n) is 6.01. The molecule has 0 aliphatic heterocycles. The van der Waals surface area contributed by atoms with Gasteiger partial charge in [-0.05, 0) is 35.9 Å². The monoisotopic (exact) mass is 400 g/mol. The van der Waals surface area contributed by atoms with E-state index >= 15 is 0 Å². The third kappa shape index (κ3) is 4.93. The molecule has 0 unspecified atom stereocenters. The maximum absolute atomic E-state index is 13.5. The van der Waals surface area contributed by atoms with Crippen LogP contribution in [0.4, 0.5) is 23.5 Å². The van der Waals surface area contributed by atoms with Crippen LogP contribution in [-0.2, 0) is 12.7 Å². The van der Waals surface area contributed by atoms with Gasteiger partial charge >= 0.3 is 6.18 Å². The molecule has 0 fully saturated rings. The summed E-state index contributed by atoms with van der Waals surface area (Å²) in [7, 11) is 0. The van der Waals surface area contributed by atoms with Crippen molar-refractivity contribution in [3.8, 4) is 6.07 Å². The van der Waals surface area contributed by atoms with Crippen LogP contribution in [0.25, 0.3) is 0 Å². The molecule has 0 saturated heterocycles. The maximum Gasteiger partial charge on any atom is 0.416 e. The van der Waals surface area contributed by atoms with Crippen molar-refractivity contribution in [2.24, 2.45) is 0 Å². The van der Waals surface area contributed by atoms with E-state index in [4.69, 9.17) is 5.26 Å². The van der Waals surface area contributed by atoms with E-state index in [1.54, 1.807) is 24.3 Å². The molecule has 0 radical (unpaired) electrons. The molecule has 146 valence electrons. The van der Waals surface area contributed by atoms with Crippen LogP contribution in [0, 0.1) is 17.1 Å². The topological polar surface area (TPSA) is 78.7 Å². The first-order valence-corrected chi connectivity index (χ1v) is 8.24. The van der Waals surface area contributed by atoms with Crippen molar-refractivity contribution in [3.63, 3.8) is 0 Å². The smallest absolute Gasteiger partial charge is 0.350 e. The van der Waals surface area contributed by atoms with Gasteiger partial charge in [0, 0.05) is 24.5 Å². The SMILES string of the molecule is N#Cc1ccc(CNc2ncc(C(=O)c3cc(F)cc(C(F)(F)F)c3)cn2)cc1. The number of nitriles is 1. The van der Waals surface area contributed by atoms with Gasteiger partial charge in [-0.1, -0.05) is 12.1 Å². The van der Waals surface area contributed by atoms with Crippen molar-refractivity contribution in [2.45, 2.75) is 12.7 Å². The highest BCUT2D eigenvalue weighted by atomic mass is 19.4. The number of nitrogens with one attached hydrogen (secondary N) is 1. The van der Waals surface area contributed by atoms with Crippen molar-refractivity contribution in [2.75, 3.05) is 5.32 Å². The Kier molecular flexibility index (Phi) is 5.54. The predicted octanol–water partition coefficient (Wildman–Crippen LogP) is 4.35. The van der Waals surface area contributed by atoms with Gasteiger partial charge in [0.15, 0.2) is 5.78 Å². The standard InChI is InChI=1S/C20H12F4N4O/c21-17-6-14(5-16(7-17)20(22,23)24)18(29)15-10-27-19(28-11-15)26-9-13-3-1-12(8-25)2-4-13/h1-7,10-11H,9H2,(H,26,27,28). The summed E-state index contributed by atoms with van der Waals surface area (Å²) in [4.78, 5) is 20.3. The summed E-state index contributed by atoms with van der Waals surface area (Å²) in [6.45, 7) is 0.359. The van der Waals surface area contributed by atoms with Crippen molar-refractivity contribution in [1.29, 1.82) is 5.26 Å². The average Bonchev–Trinajstić information content (AvgIpc) is 2.71. The van der Waals surface area contributed by atoms with E-state index in [0.29, 0.717) is 24.2 Å². The Morgan fingerprint density at radius 1 is 1.03 bits per heavy atom. The Morgan fingerprint density at radius 2 is 1.69 bits per heavy atom. The molecule has 1 N–H and O–H groups in total. The number of hydrogen-bond donors (Lipinski definition) is 1. The minimum Gasteiger partial charge on any atom is -0.350 e. The number of nitrogens with zero attached hydrogens (tertiary/aromatic N) is 3. The summed E-state index contributed by atoms with van der Waals surface area (Å²) < 4.78 is 51.9. The Morgan fingerprint density at radius 3 is 2.28 bits per heavy atom. The van der Waals surface area contributed by atoms with Crippen LogP contribution >= 0.6 is 0 Å². The Balaban J connectivity index is 1.72. The van der Waals surface area contributed by atoms with Gasteiger partial charge in [-0.2, -0.15) is 18.4 Å². The fraction of sp³-hybridized carbons (Fsp3) is 0.100. The van der Waals surface area contributed by atoms with Crippen LogP contribution in [0.15, 0.2) is 54.9 Å². The molecule has 0 aliphatic rings. The first kappa shape index (κ1) is 19.9. The lowest BCUT2D eigenvalue weighted by molar-refractivity contribution is -0.137. The van der Waals surface area contributed by atoms with E-state index in [9.17, 15) is 22.4 Å². The van der Waals surface area contributed by atoms with Crippen molar-refractivity contribution in [1.82, 2.24) is 9.97 Å². The molecule has 3 aromatic rings. The zero-order valence-electron chi connectivity index (χ0n) is 14.7. The molecule has 5 nitrogen and oxygen atoms in total. The molecule has 3 rings (SSSR count). The van der Waals surface area contributed by atoms with Gasteiger partial charge in [-0.25, -0.2) is 14.4 Å². The van der Waals surface area contributed by atoms with Crippen LogP contribution in [0.2, 0.25) is 0 Å². The van der Waals surface area contributed by atoms with Gasteiger partial charge in [0.25, 0.3) is 0 Å². The fourth-order valence-electron chi connectivity index (χ4n) is 2.47. The van der Waals surface area contributed by atoms with Gasteiger partial charge < -0.3 is 5.32 Å². The summed E-state index contributed by atoms with van der Waals surface area (Å²) in [5.74, 6) is -1.79. The molecule has 2 aromatic carbocycles. The number of aromatic nitrogens is 2. The molecule has 0 amide bonds. The summed E-state index contributed by atoms with van der Waals surface area (Å²) in [5.41, 5.74) is -0.375. The second-order valence-corrected chi connectivity index (χ2v) is 6.01. The van der Waals surface area contributed by atoms with Crippen LogP contribution in [0.1, 0.15) is 32.6 Å². The van der Waals surface area contributed by atoms with Gasteiger partial charge in [-0.15, -0.1) is 0 Å². The molecule has 29 heavy (non-hydrogen) atoms. The lowest BCUT2D eigenvalue weighted by Gasteiger charge is -2.09. The highest BCUT2D eigenvalue weighted by molar-refractivity contribution is 6.08. The fourth-order valence-corrected chi connectivity index (χ4v) is 2.47. The molecule has 0 atom stereocenters. The van der Waals surface area contributed by atoms with Crippen LogP contribution < -0.4 is 5.32 Å². The Bertz CT molecular complexity index is 1070. The highest BCUT2D eigenvalue weighted by Gasteiger charge is 2.32. The lowest BCUT2D eigenvalue weighted by Crippen LogP contribution is -2.10. The number of hydrogen-bond acceptors (Lipinski definition) is 5. The molecular weight excluding hydrogens is 388 g/mol. The Labute approximate surface area is 162 Å². The van der Waals surface area contributed by atoms with Crippen molar-refractivity contribution in [3.05, 3.63) is 88.5 Å². The van der Waals surface area contributed by atoms with E-state index in [0.717, 1.165) is 24.0 Å². The first-order valence-electron chi connectivity index (χ1n) is 8.24. The second kappa shape index (κ2) is 8.06. The summed E-state index contributed by atoms with van der Waals surface area (Å²) in [6.07, 6.45) is -2.48.